The molecule has 0 aliphatic carbocycles. The number of aromatic nitrogens is 3. The van der Waals surface area contributed by atoms with E-state index in [2.05, 4.69) is 27.2 Å². The van der Waals surface area contributed by atoms with Crippen molar-refractivity contribution in [1.29, 1.82) is 0 Å². The Balaban J connectivity index is 1.62. The molecule has 22 heavy (non-hydrogen) atoms. The fourth-order valence-electron chi connectivity index (χ4n) is 2.65. The molecule has 3 rings (SSSR count). The average molecular weight is 299 g/mol. The summed E-state index contributed by atoms with van der Waals surface area (Å²) in [5.74, 6) is 0.926. The third kappa shape index (κ3) is 3.01. The van der Waals surface area contributed by atoms with Crippen molar-refractivity contribution in [2.75, 3.05) is 11.9 Å². The fourth-order valence-corrected chi connectivity index (χ4v) is 2.65. The van der Waals surface area contributed by atoms with Gasteiger partial charge in [-0.05, 0) is 31.0 Å². The zero-order valence-corrected chi connectivity index (χ0v) is 13.0. The van der Waals surface area contributed by atoms with Gasteiger partial charge in [0.1, 0.15) is 12.2 Å². The number of fused-ring (bicyclic) bond motifs is 1. The molecular formula is C16H21N5O. The van der Waals surface area contributed by atoms with Gasteiger partial charge in [0.05, 0.1) is 19.1 Å². The van der Waals surface area contributed by atoms with Crippen LogP contribution in [0.5, 0.6) is 0 Å². The Bertz CT molecular complexity index is 649. The molecule has 6 nitrogen and oxygen atoms in total. The van der Waals surface area contributed by atoms with Crippen LogP contribution in [-0.4, -0.2) is 38.2 Å². The predicted molar refractivity (Wildman–Crippen MR) is 84.3 cm³/mol. The molecular weight excluding hydrogens is 278 g/mol. The van der Waals surface area contributed by atoms with Crippen LogP contribution in [0.4, 0.5) is 5.69 Å². The number of hydrogen-bond donors (Lipinski definition) is 1. The molecule has 0 spiro atoms. The van der Waals surface area contributed by atoms with Crippen molar-refractivity contribution in [3.63, 3.8) is 0 Å². The van der Waals surface area contributed by atoms with Crippen LogP contribution in [0.25, 0.3) is 0 Å². The average Bonchev–Trinajstić information content (AvgIpc) is 3.02. The largest absolute Gasteiger partial charge is 0.325 e. The quantitative estimate of drug-likeness (QED) is 0.933. The number of aryl methyl sites for hydroxylation is 1. The maximum Gasteiger partial charge on any atom is 0.241 e. The lowest BCUT2D eigenvalue weighted by atomic mass is 10.1. The van der Waals surface area contributed by atoms with Crippen LogP contribution in [0.15, 0.2) is 30.6 Å². The molecule has 0 saturated carbocycles. The number of rotatable bonds is 4. The van der Waals surface area contributed by atoms with E-state index in [1.165, 1.54) is 5.56 Å². The summed E-state index contributed by atoms with van der Waals surface area (Å²) in [6.45, 7) is 6.29. The van der Waals surface area contributed by atoms with Gasteiger partial charge in [0.25, 0.3) is 0 Å². The number of carbonyl (C=O) groups excluding carboxylic acids is 1. The Morgan fingerprint density at radius 2 is 2.09 bits per heavy atom. The van der Waals surface area contributed by atoms with Crippen molar-refractivity contribution in [1.82, 2.24) is 19.7 Å². The highest BCUT2D eigenvalue weighted by atomic mass is 16.2. The van der Waals surface area contributed by atoms with Gasteiger partial charge in [-0.3, -0.25) is 9.69 Å². The van der Waals surface area contributed by atoms with Crippen LogP contribution >= 0.6 is 0 Å². The molecule has 116 valence electrons. The Hall–Kier alpha value is -2.21. The highest BCUT2D eigenvalue weighted by Gasteiger charge is 2.26. The lowest BCUT2D eigenvalue weighted by Gasteiger charge is -2.31. The summed E-state index contributed by atoms with van der Waals surface area (Å²) in [5, 5.41) is 7.14. The van der Waals surface area contributed by atoms with Crippen LogP contribution in [0, 0.1) is 0 Å². The van der Waals surface area contributed by atoms with Crippen molar-refractivity contribution >= 4 is 11.6 Å². The molecule has 0 fully saturated rings. The standard InChI is InChI=1S/C16H21N5O/c1-3-13-4-6-14(7-5-13)19-16(22)12(2)20-8-9-21-15(10-20)17-11-18-21/h4-7,11-12H,3,8-10H2,1-2H3,(H,19,22)/t12-/m0/s1. The van der Waals surface area contributed by atoms with E-state index < -0.39 is 0 Å². The van der Waals surface area contributed by atoms with E-state index >= 15 is 0 Å². The summed E-state index contributed by atoms with van der Waals surface area (Å²) in [4.78, 5) is 18.8. The van der Waals surface area contributed by atoms with E-state index in [1.807, 2.05) is 35.9 Å². The SMILES string of the molecule is CCc1ccc(NC(=O)[C@H](C)N2CCn3ncnc3C2)cc1. The zero-order chi connectivity index (χ0) is 15.5. The van der Waals surface area contributed by atoms with Gasteiger partial charge in [0, 0.05) is 12.2 Å². The van der Waals surface area contributed by atoms with Crippen molar-refractivity contribution < 1.29 is 4.79 Å². The Morgan fingerprint density at radius 3 is 2.82 bits per heavy atom. The van der Waals surface area contributed by atoms with Gasteiger partial charge in [-0.2, -0.15) is 5.10 Å². The third-order valence-corrected chi connectivity index (χ3v) is 4.20. The third-order valence-electron chi connectivity index (χ3n) is 4.20. The molecule has 6 heteroatoms. The topological polar surface area (TPSA) is 63.1 Å². The van der Waals surface area contributed by atoms with E-state index in [1.54, 1.807) is 6.33 Å². The van der Waals surface area contributed by atoms with Crippen LogP contribution in [0.1, 0.15) is 25.2 Å². The van der Waals surface area contributed by atoms with Crippen molar-refractivity contribution in [2.24, 2.45) is 0 Å². The monoisotopic (exact) mass is 299 g/mol. The first-order valence-electron chi connectivity index (χ1n) is 7.68. The molecule has 2 heterocycles. The minimum atomic E-state index is -0.198. The summed E-state index contributed by atoms with van der Waals surface area (Å²) in [5.41, 5.74) is 2.11. The Morgan fingerprint density at radius 1 is 1.32 bits per heavy atom. The highest BCUT2D eigenvalue weighted by Crippen LogP contribution is 2.15. The first kappa shape index (κ1) is 14.7. The molecule has 0 unspecified atom stereocenters. The van der Waals surface area contributed by atoms with Crippen molar-refractivity contribution in [3.05, 3.63) is 42.0 Å². The second kappa shape index (κ2) is 6.27. The smallest absolute Gasteiger partial charge is 0.241 e. The molecule has 1 N–H and O–H groups in total. The molecule has 1 aromatic heterocycles. The number of nitrogens with zero attached hydrogens (tertiary/aromatic N) is 4. The molecule has 1 aromatic carbocycles. The molecule has 2 aromatic rings. The Labute approximate surface area is 130 Å². The molecule has 1 amide bonds. The molecule has 1 aliphatic heterocycles. The second-order valence-corrected chi connectivity index (χ2v) is 5.59. The predicted octanol–water partition coefficient (Wildman–Crippen LogP) is 1.68. The van der Waals surface area contributed by atoms with Crippen molar-refractivity contribution in [2.45, 2.75) is 39.4 Å². The van der Waals surface area contributed by atoms with E-state index in [-0.39, 0.29) is 11.9 Å². The number of nitrogens with one attached hydrogen (secondary N) is 1. The number of hydrogen-bond acceptors (Lipinski definition) is 4. The van der Waals surface area contributed by atoms with Crippen LogP contribution < -0.4 is 5.32 Å². The number of benzene rings is 1. The van der Waals surface area contributed by atoms with E-state index in [4.69, 9.17) is 0 Å². The maximum atomic E-state index is 12.4. The second-order valence-electron chi connectivity index (χ2n) is 5.59. The lowest BCUT2D eigenvalue weighted by molar-refractivity contribution is -0.121. The minimum absolute atomic E-state index is 0.0113. The van der Waals surface area contributed by atoms with Gasteiger partial charge >= 0.3 is 0 Å². The first-order valence-corrected chi connectivity index (χ1v) is 7.68. The van der Waals surface area contributed by atoms with Gasteiger partial charge in [-0.25, -0.2) is 9.67 Å². The highest BCUT2D eigenvalue weighted by molar-refractivity contribution is 5.94. The Kier molecular flexibility index (Phi) is 4.20. The summed E-state index contributed by atoms with van der Waals surface area (Å²) in [7, 11) is 0. The first-order chi connectivity index (χ1) is 10.7. The van der Waals surface area contributed by atoms with Gasteiger partial charge < -0.3 is 5.32 Å². The van der Waals surface area contributed by atoms with Gasteiger partial charge in [0.2, 0.25) is 5.91 Å². The van der Waals surface area contributed by atoms with Gasteiger partial charge in [0.15, 0.2) is 0 Å². The van der Waals surface area contributed by atoms with Gasteiger partial charge in [-0.15, -0.1) is 0 Å². The molecule has 0 saturated heterocycles. The molecule has 0 radical (unpaired) electrons. The van der Waals surface area contributed by atoms with Crippen LogP contribution in [-0.2, 0) is 24.3 Å². The summed E-state index contributed by atoms with van der Waals surface area (Å²) < 4.78 is 1.89. The zero-order valence-electron chi connectivity index (χ0n) is 13.0. The molecule has 1 aliphatic rings. The van der Waals surface area contributed by atoms with Crippen molar-refractivity contribution in [3.8, 4) is 0 Å². The lowest BCUT2D eigenvalue weighted by Crippen LogP contribution is -2.46. The van der Waals surface area contributed by atoms with Crippen LogP contribution in [0.2, 0.25) is 0 Å². The fraction of sp³-hybridized carbons (Fsp3) is 0.438. The number of anilines is 1. The van der Waals surface area contributed by atoms with E-state index in [0.717, 1.165) is 31.0 Å². The summed E-state index contributed by atoms with van der Waals surface area (Å²) >= 11 is 0. The number of amides is 1. The number of carbonyl (C=O) groups is 1. The summed E-state index contributed by atoms with van der Waals surface area (Å²) in [6.07, 6.45) is 2.57. The molecule has 0 bridgehead atoms. The van der Waals surface area contributed by atoms with E-state index in [0.29, 0.717) is 6.54 Å². The van der Waals surface area contributed by atoms with Gasteiger partial charge in [-0.1, -0.05) is 19.1 Å². The van der Waals surface area contributed by atoms with Crippen LogP contribution in [0.3, 0.4) is 0 Å². The maximum absolute atomic E-state index is 12.4. The normalized spacial score (nSPS) is 16.1. The molecule has 1 atom stereocenters. The minimum Gasteiger partial charge on any atom is -0.325 e. The summed E-state index contributed by atoms with van der Waals surface area (Å²) in [6, 6.07) is 7.80. The van der Waals surface area contributed by atoms with E-state index in [9.17, 15) is 4.79 Å².